The fourth-order valence-electron chi connectivity index (χ4n) is 3.45. The maximum Gasteiger partial charge on any atom is 0.320 e. The Hall–Kier alpha value is -3.08. The number of nitrogens with one attached hydrogen (secondary N) is 1. The number of hydrogen-bond acceptors (Lipinski definition) is 7. The first kappa shape index (κ1) is 22.6. The molecule has 1 aliphatic heterocycles. The second-order valence-corrected chi connectivity index (χ2v) is 7.45. The van der Waals surface area contributed by atoms with Crippen LogP contribution in [0.2, 0.25) is 0 Å². The molecule has 0 aliphatic carbocycles. The maximum atomic E-state index is 13.2. The highest BCUT2D eigenvalue weighted by molar-refractivity contribution is 5.98. The van der Waals surface area contributed by atoms with E-state index in [1.54, 1.807) is 0 Å². The summed E-state index contributed by atoms with van der Waals surface area (Å²) in [6, 6.07) is 7.94. The Bertz CT molecular complexity index is 910. The molecule has 1 aromatic heterocycles. The normalized spacial score (nSPS) is 17.0. The van der Waals surface area contributed by atoms with Gasteiger partial charge in [-0.2, -0.15) is 0 Å². The molecule has 0 radical (unpaired) electrons. The number of benzene rings is 1. The summed E-state index contributed by atoms with van der Waals surface area (Å²) in [5, 5.41) is 19.8. The van der Waals surface area contributed by atoms with E-state index in [0.717, 1.165) is 5.56 Å². The summed E-state index contributed by atoms with van der Waals surface area (Å²) in [6.45, 7) is 1.45. The molecule has 2 aromatic rings. The summed E-state index contributed by atoms with van der Waals surface area (Å²) < 4.78 is 5.24. The third kappa shape index (κ3) is 5.75. The number of imidazole rings is 1. The van der Waals surface area contributed by atoms with Crippen molar-refractivity contribution in [1.29, 1.82) is 0 Å². The van der Waals surface area contributed by atoms with Crippen LogP contribution in [0, 0.1) is 5.92 Å². The van der Waals surface area contributed by atoms with Crippen molar-refractivity contribution in [3.8, 4) is 0 Å². The topological polar surface area (TPSA) is 159 Å². The summed E-state index contributed by atoms with van der Waals surface area (Å²) in [7, 11) is 0. The molecule has 0 spiro atoms. The van der Waals surface area contributed by atoms with Gasteiger partial charge in [-0.05, 0) is 12.0 Å². The standard InChI is InChI=1S/C21H26N4O6/c22-16(21(29)30)11-14-12-23-19(24-14)17(26)15(10-13-4-2-1-3-5-13)18(27)20(28)25-6-8-31-9-7-25/h1-5,12,15-16,18,27H,6-11,22H2,(H,23,24)(H,29,30). The van der Waals surface area contributed by atoms with Crippen molar-refractivity contribution >= 4 is 17.7 Å². The number of aromatic amines is 1. The molecule has 0 saturated carbocycles. The molecule has 1 saturated heterocycles. The number of carboxylic acids is 1. The number of rotatable bonds is 9. The first-order chi connectivity index (χ1) is 14.9. The molecule has 3 unspecified atom stereocenters. The average Bonchev–Trinajstić information content (AvgIpc) is 3.25. The third-order valence-corrected chi connectivity index (χ3v) is 5.21. The number of carbonyl (C=O) groups is 3. The monoisotopic (exact) mass is 430 g/mol. The number of Topliss-reactive ketones (excluding diaryl/α,β-unsaturated/α-hetero) is 1. The van der Waals surface area contributed by atoms with E-state index in [1.807, 2.05) is 30.3 Å². The van der Waals surface area contributed by atoms with Gasteiger partial charge in [0.2, 0.25) is 5.78 Å². The zero-order valence-electron chi connectivity index (χ0n) is 16.9. The molecule has 2 heterocycles. The minimum atomic E-state index is -1.55. The van der Waals surface area contributed by atoms with E-state index < -0.39 is 35.7 Å². The molecule has 1 fully saturated rings. The van der Waals surface area contributed by atoms with Crippen LogP contribution in [0.1, 0.15) is 21.9 Å². The van der Waals surface area contributed by atoms with Crippen LogP contribution in [0.3, 0.4) is 0 Å². The lowest BCUT2D eigenvalue weighted by Gasteiger charge is -2.31. The van der Waals surface area contributed by atoms with Gasteiger partial charge >= 0.3 is 5.97 Å². The number of nitrogens with two attached hydrogens (primary N) is 1. The van der Waals surface area contributed by atoms with E-state index in [4.69, 9.17) is 15.6 Å². The maximum absolute atomic E-state index is 13.2. The molecule has 1 amide bonds. The van der Waals surface area contributed by atoms with Crippen molar-refractivity contribution in [3.63, 3.8) is 0 Å². The molecule has 3 atom stereocenters. The predicted molar refractivity (Wildman–Crippen MR) is 109 cm³/mol. The average molecular weight is 430 g/mol. The van der Waals surface area contributed by atoms with Gasteiger partial charge in [-0.25, -0.2) is 4.98 Å². The molecular weight excluding hydrogens is 404 g/mol. The van der Waals surface area contributed by atoms with Gasteiger partial charge in [0.05, 0.1) is 19.1 Å². The highest BCUT2D eigenvalue weighted by Crippen LogP contribution is 2.20. The fourth-order valence-corrected chi connectivity index (χ4v) is 3.45. The van der Waals surface area contributed by atoms with E-state index in [0.29, 0.717) is 32.0 Å². The second-order valence-electron chi connectivity index (χ2n) is 7.45. The lowest BCUT2D eigenvalue weighted by molar-refractivity contribution is -0.146. The molecule has 5 N–H and O–H groups in total. The largest absolute Gasteiger partial charge is 0.480 e. The Kier molecular flexibility index (Phi) is 7.50. The Morgan fingerprint density at radius 1 is 1.16 bits per heavy atom. The summed E-state index contributed by atoms with van der Waals surface area (Å²) in [5.41, 5.74) is 6.70. The number of aliphatic hydroxyl groups excluding tert-OH is 1. The van der Waals surface area contributed by atoms with E-state index in [-0.39, 0.29) is 18.7 Å². The van der Waals surface area contributed by atoms with Gasteiger partial charge in [-0.1, -0.05) is 30.3 Å². The molecule has 3 rings (SSSR count). The number of aliphatic hydroxyl groups is 1. The summed E-state index contributed by atoms with van der Waals surface area (Å²) >= 11 is 0. The van der Waals surface area contributed by atoms with Crippen molar-refractivity contribution in [1.82, 2.24) is 14.9 Å². The Balaban J connectivity index is 1.81. The number of H-pyrrole nitrogens is 1. The zero-order chi connectivity index (χ0) is 22.4. The van der Waals surface area contributed by atoms with E-state index >= 15 is 0 Å². The zero-order valence-corrected chi connectivity index (χ0v) is 16.9. The summed E-state index contributed by atoms with van der Waals surface area (Å²) in [6.07, 6.45) is -0.109. The van der Waals surface area contributed by atoms with Gasteiger partial charge in [0, 0.05) is 31.4 Å². The van der Waals surface area contributed by atoms with Crippen molar-refractivity contribution in [2.45, 2.75) is 25.0 Å². The van der Waals surface area contributed by atoms with Crippen molar-refractivity contribution in [2.24, 2.45) is 11.7 Å². The number of carbonyl (C=O) groups excluding carboxylic acids is 2. The lowest BCUT2D eigenvalue weighted by atomic mass is 9.88. The number of morpholine rings is 1. The van der Waals surface area contributed by atoms with Crippen LogP contribution < -0.4 is 5.73 Å². The number of hydrogen-bond donors (Lipinski definition) is 4. The second kappa shape index (κ2) is 10.3. The predicted octanol–water partition coefficient (Wildman–Crippen LogP) is -0.375. The quantitative estimate of drug-likeness (QED) is 0.392. The molecule has 0 bridgehead atoms. The molecule has 166 valence electrons. The van der Waals surface area contributed by atoms with Crippen LogP contribution >= 0.6 is 0 Å². The minimum absolute atomic E-state index is 0.0335. The highest BCUT2D eigenvalue weighted by Gasteiger charge is 2.37. The number of aromatic nitrogens is 2. The van der Waals surface area contributed by atoms with Gasteiger partial charge in [-0.3, -0.25) is 14.4 Å². The Labute approximate surface area is 179 Å². The smallest absolute Gasteiger partial charge is 0.320 e. The SMILES string of the molecule is NC(Cc1cnc(C(=O)C(Cc2ccccc2)C(O)C(=O)N2CCOCC2)[nH]1)C(=O)O. The van der Waals surface area contributed by atoms with E-state index in [1.165, 1.54) is 11.1 Å². The number of amides is 1. The molecule has 10 heteroatoms. The van der Waals surface area contributed by atoms with Gasteiger partial charge < -0.3 is 30.6 Å². The number of carboxylic acid groups (broad SMARTS) is 1. The number of aliphatic carboxylic acids is 1. The first-order valence-corrected chi connectivity index (χ1v) is 10.0. The van der Waals surface area contributed by atoms with Crippen molar-refractivity contribution in [3.05, 3.63) is 53.6 Å². The van der Waals surface area contributed by atoms with Crippen LogP contribution in [0.4, 0.5) is 0 Å². The van der Waals surface area contributed by atoms with Gasteiger partial charge in [-0.15, -0.1) is 0 Å². The number of ketones is 1. The fraction of sp³-hybridized carbons (Fsp3) is 0.429. The highest BCUT2D eigenvalue weighted by atomic mass is 16.5. The minimum Gasteiger partial charge on any atom is -0.480 e. The lowest BCUT2D eigenvalue weighted by Crippen LogP contribution is -2.49. The van der Waals surface area contributed by atoms with Crippen molar-refractivity contribution < 1.29 is 29.3 Å². The Morgan fingerprint density at radius 3 is 2.48 bits per heavy atom. The van der Waals surface area contributed by atoms with Gasteiger partial charge in [0.15, 0.2) is 5.82 Å². The van der Waals surface area contributed by atoms with Crippen molar-refractivity contribution in [2.75, 3.05) is 26.3 Å². The number of nitrogens with zero attached hydrogens (tertiary/aromatic N) is 2. The molecular formula is C21H26N4O6. The molecule has 31 heavy (non-hydrogen) atoms. The van der Waals surface area contributed by atoms with Crippen LogP contribution in [-0.4, -0.2) is 81.2 Å². The van der Waals surface area contributed by atoms with E-state index in [2.05, 4.69) is 9.97 Å². The third-order valence-electron chi connectivity index (χ3n) is 5.21. The van der Waals surface area contributed by atoms with Crippen LogP contribution in [-0.2, 0) is 27.2 Å². The Morgan fingerprint density at radius 2 is 1.84 bits per heavy atom. The van der Waals surface area contributed by atoms with E-state index in [9.17, 15) is 19.5 Å². The molecule has 1 aliphatic rings. The van der Waals surface area contributed by atoms with Gasteiger partial charge in [0.25, 0.3) is 5.91 Å². The molecule has 1 aromatic carbocycles. The summed E-state index contributed by atoms with van der Waals surface area (Å²) in [5.74, 6) is -3.35. The summed E-state index contributed by atoms with van der Waals surface area (Å²) in [4.78, 5) is 45.3. The first-order valence-electron chi connectivity index (χ1n) is 10.0. The van der Waals surface area contributed by atoms with Crippen LogP contribution in [0.25, 0.3) is 0 Å². The number of ether oxygens (including phenoxy) is 1. The van der Waals surface area contributed by atoms with Crippen LogP contribution in [0.5, 0.6) is 0 Å². The molecule has 10 nitrogen and oxygen atoms in total. The van der Waals surface area contributed by atoms with Crippen LogP contribution in [0.15, 0.2) is 36.5 Å². The van der Waals surface area contributed by atoms with Gasteiger partial charge in [0.1, 0.15) is 12.1 Å².